The van der Waals surface area contributed by atoms with Crippen molar-refractivity contribution in [3.8, 4) is 5.69 Å². The third kappa shape index (κ3) is 10.9. The first-order valence-electron chi connectivity index (χ1n) is 10.5. The van der Waals surface area contributed by atoms with Crippen LogP contribution in [0.25, 0.3) is 5.69 Å². The first kappa shape index (κ1) is 27.9. The zero-order valence-corrected chi connectivity index (χ0v) is 19.4. The quantitative estimate of drug-likeness (QED) is 0.338. The Morgan fingerprint density at radius 3 is 2.06 bits per heavy atom. The first-order valence-corrected chi connectivity index (χ1v) is 10.5. The molecule has 0 saturated carbocycles. The topological polar surface area (TPSA) is 145 Å². The number of pyridine rings is 4. The van der Waals surface area contributed by atoms with Crippen molar-refractivity contribution in [2.75, 3.05) is 25.1 Å². The van der Waals surface area contributed by atoms with Gasteiger partial charge >= 0.3 is 0 Å². The molecule has 6 N–H and O–H groups in total. The zero-order valence-electron chi connectivity index (χ0n) is 19.4. The second kappa shape index (κ2) is 16.5. The van der Waals surface area contributed by atoms with Crippen LogP contribution in [-0.2, 0) is 0 Å². The number of nitrogens with two attached hydrogens (primary N) is 2. The van der Waals surface area contributed by atoms with Gasteiger partial charge in [0.2, 0.25) is 0 Å². The van der Waals surface area contributed by atoms with Gasteiger partial charge in [0.05, 0.1) is 23.3 Å². The Balaban J connectivity index is 0.000000247. The fraction of sp³-hybridized carbons (Fsp3) is 0.167. The van der Waals surface area contributed by atoms with Crippen molar-refractivity contribution < 1.29 is 0 Å². The molecule has 0 unspecified atom stereocenters. The number of rotatable bonds is 3. The van der Waals surface area contributed by atoms with Crippen LogP contribution in [0.1, 0.15) is 13.3 Å². The molecular weight excluding hydrogens is 429 g/mol. The summed E-state index contributed by atoms with van der Waals surface area (Å²) >= 11 is 0. The van der Waals surface area contributed by atoms with Crippen LogP contribution in [0.2, 0.25) is 0 Å². The summed E-state index contributed by atoms with van der Waals surface area (Å²) in [5.41, 5.74) is 12.1. The molecule has 4 rings (SSSR count). The lowest BCUT2D eigenvalue weighted by atomic mass is 10.00. The highest BCUT2D eigenvalue weighted by atomic mass is 16.1. The molecule has 2 radical (unpaired) electrons. The van der Waals surface area contributed by atoms with Gasteiger partial charge in [0.25, 0.3) is 11.1 Å². The van der Waals surface area contributed by atoms with Crippen LogP contribution in [0, 0.1) is 0 Å². The van der Waals surface area contributed by atoms with E-state index in [9.17, 15) is 9.59 Å². The van der Waals surface area contributed by atoms with Crippen LogP contribution in [-0.4, -0.2) is 41.0 Å². The fourth-order valence-corrected chi connectivity index (χ4v) is 2.27. The molecule has 4 heterocycles. The molecule has 4 aromatic rings. The molecular formula is C24H30BN7O2. The molecule has 0 aromatic carbocycles. The largest absolute Gasteiger partial charge is 0.394 e. The van der Waals surface area contributed by atoms with Crippen molar-refractivity contribution in [2.24, 2.45) is 0 Å². The van der Waals surface area contributed by atoms with E-state index in [1.165, 1.54) is 11.0 Å². The Morgan fingerprint density at radius 2 is 1.65 bits per heavy atom. The number of hydrogen-bond acceptors (Lipinski definition) is 7. The summed E-state index contributed by atoms with van der Waals surface area (Å²) in [5, 5.41) is 3.02. The van der Waals surface area contributed by atoms with Crippen molar-refractivity contribution in [3.05, 3.63) is 106 Å². The Labute approximate surface area is 200 Å². The maximum Gasteiger partial charge on any atom is 0.278 e. The predicted molar refractivity (Wildman–Crippen MR) is 140 cm³/mol. The first-order chi connectivity index (χ1) is 16.4. The van der Waals surface area contributed by atoms with E-state index >= 15 is 0 Å². The lowest BCUT2D eigenvalue weighted by molar-refractivity contribution is 0.772. The van der Waals surface area contributed by atoms with Crippen LogP contribution >= 0.6 is 0 Å². The lowest BCUT2D eigenvalue weighted by Crippen LogP contribution is -2.20. The summed E-state index contributed by atoms with van der Waals surface area (Å²) < 4.78 is 1.46. The lowest BCUT2D eigenvalue weighted by Gasteiger charge is -2.04. The van der Waals surface area contributed by atoms with Gasteiger partial charge < -0.3 is 21.8 Å². The fourth-order valence-electron chi connectivity index (χ4n) is 2.27. The van der Waals surface area contributed by atoms with Gasteiger partial charge in [0.1, 0.15) is 7.85 Å². The number of H-pyrrole nitrogens is 1. The highest BCUT2D eigenvalue weighted by Crippen LogP contribution is 2.02. The van der Waals surface area contributed by atoms with E-state index in [0.717, 1.165) is 6.54 Å². The van der Waals surface area contributed by atoms with E-state index in [1.807, 2.05) is 7.05 Å². The van der Waals surface area contributed by atoms with E-state index in [-0.39, 0.29) is 22.5 Å². The smallest absolute Gasteiger partial charge is 0.278 e. The SMILES string of the molecule is CCCNC.Nc1ccc[nH]c1=O.Nc1cccn(-c2cccnc2)c1=O.[B]c1cccnc1. The maximum absolute atomic E-state index is 11.6. The van der Waals surface area contributed by atoms with Gasteiger partial charge in [-0.25, -0.2) is 0 Å². The van der Waals surface area contributed by atoms with Gasteiger partial charge in [-0.15, -0.1) is 0 Å². The summed E-state index contributed by atoms with van der Waals surface area (Å²) in [6, 6.07) is 13.7. The number of hydrogen-bond donors (Lipinski definition) is 4. The number of anilines is 2. The summed E-state index contributed by atoms with van der Waals surface area (Å²) in [6.45, 7) is 3.29. The average molecular weight is 459 g/mol. The number of nitrogens with one attached hydrogen (secondary N) is 2. The zero-order chi connectivity index (χ0) is 25.2. The molecule has 0 atom stereocenters. The van der Waals surface area contributed by atoms with Crippen molar-refractivity contribution >= 4 is 24.7 Å². The minimum atomic E-state index is -0.229. The van der Waals surface area contributed by atoms with Crippen molar-refractivity contribution in [1.29, 1.82) is 0 Å². The van der Waals surface area contributed by atoms with Gasteiger partial charge in [-0.1, -0.05) is 18.5 Å². The number of nitrogens with zero attached hydrogens (tertiary/aromatic N) is 3. The number of aromatic nitrogens is 4. The minimum absolute atomic E-state index is 0.222. The molecule has 176 valence electrons. The molecule has 0 aliphatic carbocycles. The summed E-state index contributed by atoms with van der Waals surface area (Å²) in [5.74, 6) is 0. The van der Waals surface area contributed by atoms with Crippen molar-refractivity contribution in [2.45, 2.75) is 13.3 Å². The van der Waals surface area contributed by atoms with Gasteiger partial charge in [-0.05, 0) is 62.5 Å². The van der Waals surface area contributed by atoms with Crippen LogP contribution < -0.4 is 33.4 Å². The standard InChI is InChI=1S/C10H9N3O.C5H4BN.C5H6N2O.C4H11N/c11-9-4-2-6-13(10(9)14)8-3-1-5-12-7-8;6-5-2-1-3-7-4-5;6-4-2-1-3-7-5(4)8;1-3-4-5-2/h1-7H,11H2;1-4H;1-3H,6H2,(H,7,8);5H,3-4H2,1-2H3. The minimum Gasteiger partial charge on any atom is -0.394 e. The second-order valence-electron chi connectivity index (χ2n) is 6.69. The third-order valence-corrected chi connectivity index (χ3v) is 3.93. The monoisotopic (exact) mass is 459 g/mol. The predicted octanol–water partition coefficient (Wildman–Crippen LogP) is 1.26. The second-order valence-corrected chi connectivity index (χ2v) is 6.69. The molecule has 0 aliphatic heterocycles. The van der Waals surface area contributed by atoms with E-state index in [1.54, 1.807) is 85.7 Å². The molecule has 34 heavy (non-hydrogen) atoms. The van der Waals surface area contributed by atoms with E-state index in [2.05, 4.69) is 27.2 Å². The van der Waals surface area contributed by atoms with Crippen LogP contribution in [0.5, 0.6) is 0 Å². The van der Waals surface area contributed by atoms with Crippen LogP contribution in [0.15, 0.2) is 95.3 Å². The molecule has 10 heteroatoms. The summed E-state index contributed by atoms with van der Waals surface area (Å²) in [4.78, 5) is 32.1. The summed E-state index contributed by atoms with van der Waals surface area (Å²) in [6.07, 6.45) is 11.0. The highest BCUT2D eigenvalue weighted by Gasteiger charge is 2.00. The molecule has 0 spiro atoms. The average Bonchev–Trinajstić information content (AvgIpc) is 2.86. The molecule has 0 saturated heterocycles. The summed E-state index contributed by atoms with van der Waals surface area (Å²) in [7, 11) is 7.26. The van der Waals surface area contributed by atoms with E-state index < -0.39 is 0 Å². The van der Waals surface area contributed by atoms with Crippen LogP contribution in [0.4, 0.5) is 11.4 Å². The number of nitrogen functional groups attached to an aromatic ring is 2. The Kier molecular flexibility index (Phi) is 13.5. The molecule has 4 aromatic heterocycles. The van der Waals surface area contributed by atoms with E-state index in [4.69, 9.17) is 19.3 Å². The van der Waals surface area contributed by atoms with Gasteiger partial charge in [0, 0.05) is 31.0 Å². The molecule has 0 amide bonds. The normalized spacial score (nSPS) is 9.24. The molecule has 0 aliphatic rings. The van der Waals surface area contributed by atoms with Gasteiger partial charge in [-0.2, -0.15) is 0 Å². The Hall–Kier alpha value is -4.18. The molecule has 9 nitrogen and oxygen atoms in total. The molecule has 0 bridgehead atoms. The Morgan fingerprint density at radius 1 is 0.971 bits per heavy atom. The van der Waals surface area contributed by atoms with Crippen molar-refractivity contribution in [3.63, 3.8) is 0 Å². The Bertz CT molecular complexity index is 1180. The van der Waals surface area contributed by atoms with Crippen LogP contribution in [0.3, 0.4) is 0 Å². The maximum atomic E-state index is 11.6. The molecule has 0 fully saturated rings. The number of aromatic amines is 1. The van der Waals surface area contributed by atoms with Gasteiger partial charge in [-0.3, -0.25) is 24.1 Å². The van der Waals surface area contributed by atoms with Gasteiger partial charge in [0.15, 0.2) is 0 Å². The highest BCUT2D eigenvalue weighted by molar-refractivity contribution is 6.31. The van der Waals surface area contributed by atoms with E-state index in [0.29, 0.717) is 11.2 Å². The van der Waals surface area contributed by atoms with Crippen molar-refractivity contribution in [1.82, 2.24) is 24.8 Å². The third-order valence-electron chi connectivity index (χ3n) is 3.93.